The quantitative estimate of drug-likeness (QED) is 0.212. The zero-order chi connectivity index (χ0) is 23.8. The molecule has 2 aromatic carbocycles. The van der Waals surface area contributed by atoms with Crippen molar-refractivity contribution >= 4 is 35.0 Å². The molecular weight excluding hydrogens is 456 g/mol. The number of thioether (sulfide) groups is 1. The van der Waals surface area contributed by atoms with E-state index in [9.17, 15) is 4.79 Å². The average Bonchev–Trinajstić information content (AvgIpc) is 3.15. The van der Waals surface area contributed by atoms with Crippen molar-refractivity contribution in [3.05, 3.63) is 76.6 Å². The predicted molar refractivity (Wildman–Crippen MR) is 135 cm³/mol. The summed E-state index contributed by atoms with van der Waals surface area (Å²) < 4.78 is 7.87. The number of nitrogens with zero attached hydrogens (tertiary/aromatic N) is 3. The molecule has 0 spiro atoms. The van der Waals surface area contributed by atoms with E-state index in [0.717, 1.165) is 41.1 Å². The second kappa shape index (κ2) is 11.9. The molecule has 33 heavy (non-hydrogen) atoms. The Hall–Kier alpha value is -2.77. The molecule has 174 valence electrons. The van der Waals surface area contributed by atoms with E-state index in [0.29, 0.717) is 29.0 Å². The fraction of sp³-hybridized carbons (Fsp3) is 0.320. The van der Waals surface area contributed by atoms with Gasteiger partial charge in [-0.3, -0.25) is 4.79 Å². The highest BCUT2D eigenvalue weighted by Gasteiger charge is 2.15. The van der Waals surface area contributed by atoms with E-state index in [4.69, 9.17) is 16.3 Å². The minimum Gasteiger partial charge on any atom is -0.493 e. The second-order valence-electron chi connectivity index (χ2n) is 7.79. The van der Waals surface area contributed by atoms with Gasteiger partial charge < -0.3 is 14.6 Å². The van der Waals surface area contributed by atoms with Crippen molar-refractivity contribution in [2.45, 2.75) is 45.3 Å². The van der Waals surface area contributed by atoms with Gasteiger partial charge in [0.1, 0.15) is 11.6 Å². The first-order chi connectivity index (χ1) is 15.9. The number of anilines is 1. The summed E-state index contributed by atoms with van der Waals surface area (Å²) in [7, 11) is 0. The highest BCUT2D eigenvalue weighted by atomic mass is 35.5. The van der Waals surface area contributed by atoms with E-state index in [-0.39, 0.29) is 11.7 Å². The van der Waals surface area contributed by atoms with Crippen LogP contribution in [0.15, 0.2) is 54.2 Å². The molecular formula is C25H29ClN4O2S. The van der Waals surface area contributed by atoms with Gasteiger partial charge in [0.05, 0.1) is 23.1 Å². The number of carbonyl (C=O) groups is 1. The second-order valence-corrected chi connectivity index (χ2v) is 9.14. The Balaban J connectivity index is 1.56. The maximum Gasteiger partial charge on any atom is 0.234 e. The third kappa shape index (κ3) is 6.85. The summed E-state index contributed by atoms with van der Waals surface area (Å²) in [5.41, 5.74) is 3.75. The summed E-state index contributed by atoms with van der Waals surface area (Å²) in [4.78, 5) is 12.5. The van der Waals surface area contributed by atoms with E-state index >= 15 is 0 Å². The number of hydrogen-bond acceptors (Lipinski definition) is 5. The number of nitrogens with one attached hydrogen (secondary N) is 1. The van der Waals surface area contributed by atoms with Crippen LogP contribution in [0.2, 0.25) is 5.02 Å². The monoisotopic (exact) mass is 484 g/mol. The zero-order valence-corrected chi connectivity index (χ0v) is 20.8. The number of amides is 1. The van der Waals surface area contributed by atoms with Crippen LogP contribution in [0.25, 0.3) is 0 Å². The SMILES string of the molecule is C=CCn1c(CCCOc2ccccc2C)nnc1SCC(=O)Nc1c(C)cc(C)cc1Cl. The van der Waals surface area contributed by atoms with Gasteiger partial charge in [-0.2, -0.15) is 0 Å². The average molecular weight is 485 g/mol. The smallest absolute Gasteiger partial charge is 0.234 e. The van der Waals surface area contributed by atoms with Crippen molar-refractivity contribution in [1.82, 2.24) is 14.8 Å². The van der Waals surface area contributed by atoms with E-state index in [1.807, 2.05) is 61.7 Å². The van der Waals surface area contributed by atoms with Gasteiger partial charge in [0.15, 0.2) is 5.16 Å². The molecule has 0 saturated heterocycles. The first-order valence-electron chi connectivity index (χ1n) is 10.8. The van der Waals surface area contributed by atoms with Crippen molar-refractivity contribution in [2.24, 2.45) is 0 Å². The predicted octanol–water partition coefficient (Wildman–Crippen LogP) is 5.79. The van der Waals surface area contributed by atoms with Crippen molar-refractivity contribution < 1.29 is 9.53 Å². The van der Waals surface area contributed by atoms with Crippen LogP contribution in [-0.2, 0) is 17.8 Å². The zero-order valence-electron chi connectivity index (χ0n) is 19.2. The number of rotatable bonds is 11. The lowest BCUT2D eigenvalue weighted by molar-refractivity contribution is -0.113. The fourth-order valence-corrected chi connectivity index (χ4v) is 4.57. The summed E-state index contributed by atoms with van der Waals surface area (Å²) >= 11 is 7.65. The molecule has 0 unspecified atom stereocenters. The topological polar surface area (TPSA) is 69.0 Å². The number of hydrogen-bond donors (Lipinski definition) is 1. The molecule has 1 aromatic heterocycles. The molecule has 0 fully saturated rings. The molecule has 6 nitrogen and oxygen atoms in total. The van der Waals surface area contributed by atoms with Gasteiger partial charge in [-0.15, -0.1) is 16.8 Å². The molecule has 1 amide bonds. The molecule has 0 aliphatic rings. The van der Waals surface area contributed by atoms with Gasteiger partial charge in [0.2, 0.25) is 5.91 Å². The molecule has 0 radical (unpaired) electrons. The number of benzene rings is 2. The summed E-state index contributed by atoms with van der Waals surface area (Å²) in [5.74, 6) is 1.81. The fourth-order valence-electron chi connectivity index (χ4n) is 3.43. The number of para-hydroxylation sites is 1. The lowest BCUT2D eigenvalue weighted by Crippen LogP contribution is -2.16. The normalized spacial score (nSPS) is 10.8. The minimum absolute atomic E-state index is 0.143. The Labute approximate surface area is 204 Å². The summed E-state index contributed by atoms with van der Waals surface area (Å²) in [5, 5.41) is 12.8. The molecule has 1 heterocycles. The summed E-state index contributed by atoms with van der Waals surface area (Å²) in [6, 6.07) is 11.8. The number of ether oxygens (including phenoxy) is 1. The van der Waals surface area contributed by atoms with E-state index < -0.39 is 0 Å². The molecule has 3 aromatic rings. The number of aryl methyl sites for hydroxylation is 4. The molecule has 0 saturated carbocycles. The van der Waals surface area contributed by atoms with Crippen LogP contribution in [0, 0.1) is 20.8 Å². The molecule has 0 bridgehead atoms. The Bertz CT molecular complexity index is 1110. The van der Waals surface area contributed by atoms with Crippen molar-refractivity contribution in [2.75, 3.05) is 17.7 Å². The number of allylic oxidation sites excluding steroid dienone is 1. The van der Waals surface area contributed by atoms with E-state index in [1.165, 1.54) is 11.8 Å². The first-order valence-corrected chi connectivity index (χ1v) is 12.2. The van der Waals surface area contributed by atoms with Gasteiger partial charge in [-0.25, -0.2) is 0 Å². The lowest BCUT2D eigenvalue weighted by Gasteiger charge is -2.12. The molecule has 1 N–H and O–H groups in total. The molecule has 0 aliphatic heterocycles. The standard InChI is InChI=1S/C25H29ClN4O2S/c1-5-12-30-22(11-8-13-32-21-10-7-6-9-18(21)3)28-29-25(30)33-16-23(31)27-24-19(4)14-17(2)15-20(24)26/h5-7,9-10,14-15H,1,8,11-13,16H2,2-4H3,(H,27,31). The van der Waals surface area contributed by atoms with Crippen LogP contribution < -0.4 is 10.1 Å². The number of halogens is 1. The molecule has 0 aliphatic carbocycles. The maximum atomic E-state index is 12.5. The van der Waals surface area contributed by atoms with Crippen molar-refractivity contribution in [3.63, 3.8) is 0 Å². The van der Waals surface area contributed by atoms with Crippen LogP contribution >= 0.6 is 23.4 Å². The Morgan fingerprint density at radius 1 is 1.21 bits per heavy atom. The van der Waals surface area contributed by atoms with Crippen LogP contribution in [0.4, 0.5) is 5.69 Å². The van der Waals surface area contributed by atoms with Gasteiger partial charge in [-0.1, -0.05) is 53.7 Å². The lowest BCUT2D eigenvalue weighted by atomic mass is 10.1. The Kier molecular flexibility index (Phi) is 8.97. The highest BCUT2D eigenvalue weighted by molar-refractivity contribution is 7.99. The van der Waals surface area contributed by atoms with Gasteiger partial charge >= 0.3 is 0 Å². The van der Waals surface area contributed by atoms with Gasteiger partial charge in [0, 0.05) is 13.0 Å². The van der Waals surface area contributed by atoms with Crippen LogP contribution in [0.5, 0.6) is 5.75 Å². The van der Waals surface area contributed by atoms with Crippen molar-refractivity contribution in [3.8, 4) is 5.75 Å². The number of aromatic nitrogens is 3. The molecule has 0 atom stereocenters. The Morgan fingerprint density at radius 3 is 2.73 bits per heavy atom. The van der Waals surface area contributed by atoms with Gasteiger partial charge in [0.25, 0.3) is 0 Å². The largest absolute Gasteiger partial charge is 0.493 e. The maximum absolute atomic E-state index is 12.5. The summed E-state index contributed by atoms with van der Waals surface area (Å²) in [6.07, 6.45) is 3.33. The summed E-state index contributed by atoms with van der Waals surface area (Å²) in [6.45, 7) is 10.9. The van der Waals surface area contributed by atoms with Gasteiger partial charge in [-0.05, 0) is 56.0 Å². The van der Waals surface area contributed by atoms with E-state index in [1.54, 1.807) is 6.08 Å². The number of carbonyl (C=O) groups excluding carboxylic acids is 1. The third-order valence-corrected chi connectivity index (χ3v) is 6.29. The molecule has 8 heteroatoms. The van der Waals surface area contributed by atoms with Crippen LogP contribution in [0.3, 0.4) is 0 Å². The van der Waals surface area contributed by atoms with E-state index in [2.05, 4.69) is 22.1 Å². The Morgan fingerprint density at radius 2 is 2.00 bits per heavy atom. The highest BCUT2D eigenvalue weighted by Crippen LogP contribution is 2.28. The van der Waals surface area contributed by atoms with Crippen molar-refractivity contribution in [1.29, 1.82) is 0 Å². The van der Waals surface area contributed by atoms with Crippen LogP contribution in [-0.4, -0.2) is 33.0 Å². The molecule has 3 rings (SSSR count). The first kappa shape index (κ1) is 24.9. The third-order valence-electron chi connectivity index (χ3n) is 5.03. The minimum atomic E-state index is -0.143. The van der Waals surface area contributed by atoms with Crippen LogP contribution in [0.1, 0.15) is 28.9 Å².